The summed E-state index contributed by atoms with van der Waals surface area (Å²) in [5.41, 5.74) is 0. The third kappa shape index (κ3) is 44.6. The molecule has 0 saturated carbocycles. The first-order chi connectivity index (χ1) is 26.8. The molecule has 0 aromatic heterocycles. The highest BCUT2D eigenvalue weighted by Crippen LogP contribution is 2.36. The van der Waals surface area contributed by atoms with Crippen LogP contribution in [0.4, 0.5) is 0 Å². The van der Waals surface area contributed by atoms with Crippen LogP contribution in [0.15, 0.2) is 48.6 Å². The zero-order chi connectivity index (χ0) is 40.3. The van der Waals surface area contributed by atoms with E-state index in [0.29, 0.717) is 12.8 Å². The zero-order valence-electron chi connectivity index (χ0n) is 35.3. The Kier molecular flexibility index (Phi) is 40.1. The van der Waals surface area contributed by atoms with Crippen molar-refractivity contribution in [1.82, 2.24) is 0 Å². The number of carbonyl (C=O) groups is 2. The summed E-state index contributed by atoms with van der Waals surface area (Å²) in [4.78, 5) is 42.9. The van der Waals surface area contributed by atoms with Crippen LogP contribution in [0, 0.1) is 0 Å². The molecule has 0 bridgehead atoms. The summed E-state index contributed by atoms with van der Waals surface area (Å²) < 4.78 is 26.4. The molecular weight excluding hydrogens is 711 g/mol. The Morgan fingerprint density at radius 1 is 0.473 bits per heavy atom. The minimum Gasteiger partial charge on any atom is -0.462 e. The van der Waals surface area contributed by atoms with E-state index in [0.717, 1.165) is 64.2 Å². The van der Waals surface area contributed by atoms with E-state index in [9.17, 15) is 14.2 Å². The van der Waals surface area contributed by atoms with Crippen molar-refractivity contribution in [2.75, 3.05) is 13.2 Å². The number of hydrogen-bond acceptors (Lipinski definition) is 6. The van der Waals surface area contributed by atoms with Gasteiger partial charge in [0.15, 0.2) is 6.10 Å². The molecule has 55 heavy (non-hydrogen) atoms. The molecule has 0 saturated heterocycles. The highest BCUT2D eigenvalue weighted by Gasteiger charge is 2.22. The van der Waals surface area contributed by atoms with E-state index in [2.05, 4.69) is 67.0 Å². The fourth-order valence-corrected chi connectivity index (χ4v) is 6.61. The molecule has 0 amide bonds. The summed E-state index contributed by atoms with van der Waals surface area (Å²) in [7, 11) is -4.76. The molecule has 0 aromatic carbocycles. The lowest BCUT2D eigenvalue weighted by molar-refractivity contribution is -0.161. The summed E-state index contributed by atoms with van der Waals surface area (Å²) in [5.74, 6) is -0.915. The Balaban J connectivity index is 3.91. The first-order valence-corrected chi connectivity index (χ1v) is 24.0. The maximum absolute atomic E-state index is 12.4. The fourth-order valence-electron chi connectivity index (χ4n) is 6.25. The Labute approximate surface area is 337 Å². The van der Waals surface area contributed by atoms with Crippen molar-refractivity contribution in [2.24, 2.45) is 0 Å². The number of allylic oxidation sites excluding steroid dienone is 8. The van der Waals surface area contributed by atoms with Crippen LogP contribution in [0.3, 0.4) is 0 Å². The molecule has 0 unspecified atom stereocenters. The number of esters is 2. The maximum Gasteiger partial charge on any atom is 0.469 e. The Morgan fingerprint density at radius 3 is 1.29 bits per heavy atom. The molecule has 0 aromatic rings. The summed E-state index contributed by atoms with van der Waals surface area (Å²) in [6.07, 6.45) is 51.2. The van der Waals surface area contributed by atoms with E-state index in [1.165, 1.54) is 109 Å². The molecule has 0 heterocycles. The standard InChI is InChI=1S/C46H83O8P/c1-3-5-7-9-11-13-15-17-19-21-22-23-25-27-29-31-33-35-37-39-41-46(48)54-44(43-53-55(49,50)51)42-52-45(47)40-38-36-34-32-30-28-26-24-20-18-16-14-12-10-8-6-4-2/h8,10,14,16,20,24,28,30,44H,3-7,9,11-13,15,17-19,21-23,25-27,29,31-43H2,1-2H3,(H2,49,50,51)/b10-8+,16-14+,24-20+,30-28+/t44-/m1/s1. The van der Waals surface area contributed by atoms with Gasteiger partial charge in [0, 0.05) is 12.8 Å². The Bertz CT molecular complexity index is 1030. The SMILES string of the molecule is CCC/C=C/C/C=C/C/C=C/C/C=C/CCCCCC(=O)OC[C@H](COP(=O)(O)O)OC(=O)CCCCCCCCCCCCCCCCCCCCCC. The van der Waals surface area contributed by atoms with Gasteiger partial charge in [-0.05, 0) is 51.4 Å². The molecule has 8 nitrogen and oxygen atoms in total. The predicted molar refractivity (Wildman–Crippen MR) is 230 cm³/mol. The van der Waals surface area contributed by atoms with Gasteiger partial charge >= 0.3 is 19.8 Å². The van der Waals surface area contributed by atoms with Gasteiger partial charge in [-0.25, -0.2) is 4.57 Å². The molecule has 0 rings (SSSR count). The summed E-state index contributed by atoms with van der Waals surface area (Å²) in [5, 5.41) is 0. The lowest BCUT2D eigenvalue weighted by Gasteiger charge is -2.18. The monoisotopic (exact) mass is 795 g/mol. The van der Waals surface area contributed by atoms with E-state index < -0.39 is 32.5 Å². The van der Waals surface area contributed by atoms with Crippen LogP contribution < -0.4 is 0 Å². The van der Waals surface area contributed by atoms with Gasteiger partial charge in [0.2, 0.25) is 0 Å². The van der Waals surface area contributed by atoms with Gasteiger partial charge in [0.25, 0.3) is 0 Å². The molecule has 0 radical (unpaired) electrons. The second-order valence-corrected chi connectivity index (χ2v) is 16.3. The van der Waals surface area contributed by atoms with Crippen molar-refractivity contribution in [3.63, 3.8) is 0 Å². The second kappa shape index (κ2) is 41.6. The smallest absolute Gasteiger partial charge is 0.462 e. The average molecular weight is 795 g/mol. The van der Waals surface area contributed by atoms with Gasteiger partial charge in [-0.2, -0.15) is 0 Å². The van der Waals surface area contributed by atoms with Gasteiger partial charge in [-0.3, -0.25) is 14.1 Å². The quantitative estimate of drug-likeness (QED) is 0.0272. The molecule has 0 fully saturated rings. The van der Waals surface area contributed by atoms with Crippen molar-refractivity contribution in [1.29, 1.82) is 0 Å². The van der Waals surface area contributed by atoms with Gasteiger partial charge in [0.1, 0.15) is 6.61 Å². The number of carbonyl (C=O) groups excluding carboxylic acids is 2. The highest BCUT2D eigenvalue weighted by molar-refractivity contribution is 7.46. The van der Waals surface area contributed by atoms with Gasteiger partial charge in [-0.15, -0.1) is 0 Å². The van der Waals surface area contributed by atoms with E-state index in [4.69, 9.17) is 19.3 Å². The van der Waals surface area contributed by atoms with Crippen LogP contribution in [0.1, 0.15) is 213 Å². The highest BCUT2D eigenvalue weighted by atomic mass is 31.2. The normalized spacial score (nSPS) is 12.9. The van der Waals surface area contributed by atoms with E-state index in [1.807, 2.05) is 0 Å². The Morgan fingerprint density at radius 2 is 0.855 bits per heavy atom. The summed E-state index contributed by atoms with van der Waals surface area (Å²) in [6.45, 7) is 3.61. The molecule has 0 aliphatic rings. The summed E-state index contributed by atoms with van der Waals surface area (Å²) >= 11 is 0. The molecule has 9 heteroatoms. The van der Waals surface area contributed by atoms with Gasteiger partial charge < -0.3 is 19.3 Å². The predicted octanol–water partition coefficient (Wildman–Crippen LogP) is 13.9. The topological polar surface area (TPSA) is 119 Å². The first kappa shape index (κ1) is 53.0. The van der Waals surface area contributed by atoms with Crippen LogP contribution in [-0.4, -0.2) is 41.0 Å². The van der Waals surface area contributed by atoms with Crippen LogP contribution in [0.25, 0.3) is 0 Å². The molecular formula is C46H83O8P. The van der Waals surface area contributed by atoms with Crippen molar-refractivity contribution in [3.8, 4) is 0 Å². The first-order valence-electron chi connectivity index (χ1n) is 22.4. The number of unbranched alkanes of at least 4 members (excludes halogenated alkanes) is 23. The number of phosphoric ester groups is 1. The van der Waals surface area contributed by atoms with Crippen LogP contribution in [0.5, 0.6) is 0 Å². The van der Waals surface area contributed by atoms with Crippen molar-refractivity contribution in [2.45, 2.75) is 219 Å². The van der Waals surface area contributed by atoms with Crippen LogP contribution in [0.2, 0.25) is 0 Å². The number of rotatable bonds is 41. The molecule has 0 spiro atoms. The molecule has 0 aliphatic carbocycles. The number of phosphoric acid groups is 1. The number of hydrogen-bond donors (Lipinski definition) is 2. The van der Waals surface area contributed by atoms with Crippen molar-refractivity contribution in [3.05, 3.63) is 48.6 Å². The van der Waals surface area contributed by atoms with Gasteiger partial charge in [-0.1, -0.05) is 197 Å². The zero-order valence-corrected chi connectivity index (χ0v) is 36.2. The van der Waals surface area contributed by atoms with Crippen LogP contribution in [-0.2, 0) is 28.2 Å². The molecule has 1 atom stereocenters. The van der Waals surface area contributed by atoms with Crippen LogP contribution >= 0.6 is 7.82 Å². The maximum atomic E-state index is 12.4. The average Bonchev–Trinajstić information content (AvgIpc) is 3.16. The fraction of sp³-hybridized carbons (Fsp3) is 0.783. The van der Waals surface area contributed by atoms with Crippen molar-refractivity contribution >= 4 is 19.8 Å². The lowest BCUT2D eigenvalue weighted by Crippen LogP contribution is -2.29. The van der Waals surface area contributed by atoms with E-state index >= 15 is 0 Å². The molecule has 320 valence electrons. The van der Waals surface area contributed by atoms with E-state index in [1.54, 1.807) is 0 Å². The van der Waals surface area contributed by atoms with E-state index in [-0.39, 0.29) is 19.4 Å². The third-order valence-electron chi connectivity index (χ3n) is 9.58. The third-order valence-corrected chi connectivity index (χ3v) is 10.1. The Hall–Kier alpha value is -1.99. The van der Waals surface area contributed by atoms with Crippen molar-refractivity contribution < 1.29 is 37.9 Å². The molecule has 0 aliphatic heterocycles. The largest absolute Gasteiger partial charge is 0.469 e. The van der Waals surface area contributed by atoms with Gasteiger partial charge in [0.05, 0.1) is 6.61 Å². The minimum atomic E-state index is -4.76. The minimum absolute atomic E-state index is 0.207. The lowest BCUT2D eigenvalue weighted by atomic mass is 10.0. The number of ether oxygens (including phenoxy) is 2. The second-order valence-electron chi connectivity index (χ2n) is 15.0. The summed E-state index contributed by atoms with van der Waals surface area (Å²) in [6, 6.07) is 0. The molecule has 2 N–H and O–H groups in total.